The Labute approximate surface area is 152 Å². The minimum absolute atomic E-state index is 0.0413. The van der Waals surface area contributed by atoms with Gasteiger partial charge in [0.2, 0.25) is 0 Å². The third-order valence-corrected chi connectivity index (χ3v) is 4.34. The maximum Gasteiger partial charge on any atom is 0.322 e. The average Bonchev–Trinajstić information content (AvgIpc) is 3.16. The molecule has 1 aliphatic heterocycles. The Kier molecular flexibility index (Phi) is 6.07. The van der Waals surface area contributed by atoms with E-state index >= 15 is 0 Å². The molecular weight excluding hydrogens is 335 g/mol. The van der Waals surface area contributed by atoms with Crippen LogP contribution in [0.25, 0.3) is 0 Å². The van der Waals surface area contributed by atoms with Crippen LogP contribution in [-0.4, -0.2) is 37.3 Å². The lowest BCUT2D eigenvalue weighted by atomic mass is 10.2. The summed E-state index contributed by atoms with van der Waals surface area (Å²) >= 11 is 0. The molecule has 1 fully saturated rings. The number of rotatable bonds is 6. The molecule has 0 radical (unpaired) electrons. The van der Waals surface area contributed by atoms with Gasteiger partial charge in [-0.25, -0.2) is 9.18 Å². The molecule has 0 aliphatic carbocycles. The summed E-state index contributed by atoms with van der Waals surface area (Å²) in [6.07, 6.45) is 2.00. The van der Waals surface area contributed by atoms with Crippen molar-refractivity contribution >= 4 is 11.7 Å². The molecule has 1 aliphatic rings. The summed E-state index contributed by atoms with van der Waals surface area (Å²) < 4.78 is 24.0. The first-order chi connectivity index (χ1) is 12.6. The zero-order valence-electron chi connectivity index (χ0n) is 14.8. The number of amides is 2. The van der Waals surface area contributed by atoms with Crippen LogP contribution in [-0.2, 0) is 11.3 Å². The summed E-state index contributed by atoms with van der Waals surface area (Å²) in [5.41, 5.74) is 1.52. The smallest absolute Gasteiger partial charge is 0.322 e. The van der Waals surface area contributed by atoms with Crippen LogP contribution in [0.15, 0.2) is 48.5 Å². The molecule has 1 heterocycles. The Bertz CT molecular complexity index is 730. The number of urea groups is 1. The van der Waals surface area contributed by atoms with Crippen molar-refractivity contribution in [1.29, 1.82) is 0 Å². The molecule has 1 atom stereocenters. The first-order valence-electron chi connectivity index (χ1n) is 8.70. The predicted octanol–water partition coefficient (Wildman–Crippen LogP) is 4.05. The predicted molar refractivity (Wildman–Crippen MR) is 97.8 cm³/mol. The van der Waals surface area contributed by atoms with Crippen LogP contribution in [0.5, 0.6) is 5.75 Å². The molecule has 0 saturated carbocycles. The molecule has 2 aromatic carbocycles. The molecule has 0 aromatic heterocycles. The van der Waals surface area contributed by atoms with E-state index in [1.807, 2.05) is 24.3 Å². The van der Waals surface area contributed by atoms with Gasteiger partial charge < -0.3 is 19.7 Å². The van der Waals surface area contributed by atoms with Crippen molar-refractivity contribution in [1.82, 2.24) is 4.90 Å². The van der Waals surface area contributed by atoms with Gasteiger partial charge in [-0.2, -0.15) is 0 Å². The van der Waals surface area contributed by atoms with Crippen LogP contribution in [0.4, 0.5) is 14.9 Å². The number of hydrogen-bond acceptors (Lipinski definition) is 3. The molecule has 26 heavy (non-hydrogen) atoms. The number of anilines is 1. The van der Waals surface area contributed by atoms with Gasteiger partial charge in [0.05, 0.1) is 13.2 Å². The summed E-state index contributed by atoms with van der Waals surface area (Å²) in [4.78, 5) is 14.5. The van der Waals surface area contributed by atoms with E-state index in [2.05, 4.69) is 5.32 Å². The largest absolute Gasteiger partial charge is 0.497 e. The van der Waals surface area contributed by atoms with Gasteiger partial charge in [-0.05, 0) is 54.8 Å². The van der Waals surface area contributed by atoms with Crippen molar-refractivity contribution in [2.24, 2.45) is 0 Å². The molecule has 138 valence electrons. The van der Waals surface area contributed by atoms with Gasteiger partial charge in [0.25, 0.3) is 0 Å². The molecule has 1 saturated heterocycles. The Morgan fingerprint density at radius 3 is 2.81 bits per heavy atom. The van der Waals surface area contributed by atoms with Crippen molar-refractivity contribution < 1.29 is 18.7 Å². The molecule has 2 amide bonds. The summed E-state index contributed by atoms with van der Waals surface area (Å²) in [6, 6.07) is 13.1. The normalized spacial score (nSPS) is 16.3. The van der Waals surface area contributed by atoms with Gasteiger partial charge >= 0.3 is 6.03 Å². The Morgan fingerprint density at radius 1 is 1.31 bits per heavy atom. The van der Waals surface area contributed by atoms with E-state index in [9.17, 15) is 9.18 Å². The van der Waals surface area contributed by atoms with E-state index in [0.717, 1.165) is 30.8 Å². The SMILES string of the molecule is COc1cccc(CN(CC2CCCO2)C(=O)Nc2ccc(F)cc2)c1. The molecule has 2 aromatic rings. The van der Waals surface area contributed by atoms with E-state index in [0.29, 0.717) is 18.8 Å². The second-order valence-corrected chi connectivity index (χ2v) is 6.30. The second-order valence-electron chi connectivity index (χ2n) is 6.30. The molecule has 0 spiro atoms. The van der Waals surface area contributed by atoms with E-state index < -0.39 is 0 Å². The van der Waals surface area contributed by atoms with Crippen molar-refractivity contribution in [3.05, 3.63) is 59.9 Å². The number of nitrogens with one attached hydrogen (secondary N) is 1. The van der Waals surface area contributed by atoms with E-state index in [1.165, 1.54) is 12.1 Å². The topological polar surface area (TPSA) is 50.8 Å². The lowest BCUT2D eigenvalue weighted by molar-refractivity contribution is 0.0819. The van der Waals surface area contributed by atoms with Crippen LogP contribution in [0, 0.1) is 5.82 Å². The summed E-state index contributed by atoms with van der Waals surface area (Å²) in [6.45, 7) is 1.67. The van der Waals surface area contributed by atoms with Crippen molar-refractivity contribution in [2.45, 2.75) is 25.5 Å². The lowest BCUT2D eigenvalue weighted by Gasteiger charge is -2.26. The number of carbonyl (C=O) groups is 1. The zero-order valence-corrected chi connectivity index (χ0v) is 14.8. The quantitative estimate of drug-likeness (QED) is 0.848. The molecule has 1 unspecified atom stereocenters. The zero-order chi connectivity index (χ0) is 18.4. The first kappa shape index (κ1) is 18.2. The molecule has 5 nitrogen and oxygen atoms in total. The highest BCUT2D eigenvalue weighted by Gasteiger charge is 2.23. The van der Waals surface area contributed by atoms with Crippen LogP contribution < -0.4 is 10.1 Å². The highest BCUT2D eigenvalue weighted by atomic mass is 19.1. The number of carbonyl (C=O) groups excluding carboxylic acids is 1. The third-order valence-electron chi connectivity index (χ3n) is 4.34. The van der Waals surface area contributed by atoms with E-state index in [-0.39, 0.29) is 18.0 Å². The van der Waals surface area contributed by atoms with Gasteiger partial charge in [0.1, 0.15) is 11.6 Å². The number of ether oxygens (including phenoxy) is 2. The summed E-state index contributed by atoms with van der Waals surface area (Å²) in [7, 11) is 1.62. The standard InChI is InChI=1S/C20H23FN2O3/c1-25-18-5-2-4-15(12-18)13-23(14-19-6-3-11-26-19)20(24)22-17-9-7-16(21)8-10-17/h2,4-5,7-10,12,19H,3,6,11,13-14H2,1H3,(H,22,24). The fourth-order valence-electron chi connectivity index (χ4n) is 2.98. The fraction of sp³-hybridized carbons (Fsp3) is 0.350. The van der Waals surface area contributed by atoms with Crippen molar-refractivity contribution in [2.75, 3.05) is 25.6 Å². The molecule has 0 bridgehead atoms. The Balaban J connectivity index is 1.72. The third kappa shape index (κ3) is 4.95. The molecule has 6 heteroatoms. The number of methoxy groups -OCH3 is 1. The van der Waals surface area contributed by atoms with Gasteiger partial charge in [-0.3, -0.25) is 0 Å². The maximum atomic E-state index is 13.1. The van der Waals surface area contributed by atoms with Crippen molar-refractivity contribution in [3.63, 3.8) is 0 Å². The van der Waals surface area contributed by atoms with E-state index in [1.54, 1.807) is 24.1 Å². The first-order valence-corrected chi connectivity index (χ1v) is 8.70. The monoisotopic (exact) mass is 358 g/mol. The Hall–Kier alpha value is -2.60. The minimum Gasteiger partial charge on any atom is -0.497 e. The van der Waals surface area contributed by atoms with Crippen LogP contribution in [0.2, 0.25) is 0 Å². The number of nitrogens with zero attached hydrogens (tertiary/aromatic N) is 1. The molecule has 1 N–H and O–H groups in total. The molecular formula is C20H23FN2O3. The van der Waals surface area contributed by atoms with Crippen LogP contribution in [0.1, 0.15) is 18.4 Å². The Morgan fingerprint density at radius 2 is 2.12 bits per heavy atom. The summed E-state index contributed by atoms with van der Waals surface area (Å²) in [5, 5.41) is 2.83. The van der Waals surface area contributed by atoms with Gasteiger partial charge in [-0.1, -0.05) is 12.1 Å². The minimum atomic E-state index is -0.337. The van der Waals surface area contributed by atoms with Crippen LogP contribution >= 0.6 is 0 Å². The van der Waals surface area contributed by atoms with Gasteiger partial charge in [0.15, 0.2) is 0 Å². The highest BCUT2D eigenvalue weighted by Crippen LogP contribution is 2.19. The fourth-order valence-corrected chi connectivity index (χ4v) is 2.98. The number of benzene rings is 2. The van der Waals surface area contributed by atoms with Crippen molar-refractivity contribution in [3.8, 4) is 5.75 Å². The average molecular weight is 358 g/mol. The second kappa shape index (κ2) is 8.67. The highest BCUT2D eigenvalue weighted by molar-refractivity contribution is 5.89. The lowest BCUT2D eigenvalue weighted by Crippen LogP contribution is -2.39. The van der Waals surface area contributed by atoms with E-state index in [4.69, 9.17) is 9.47 Å². The maximum absolute atomic E-state index is 13.1. The van der Waals surface area contributed by atoms with Gasteiger partial charge in [0, 0.05) is 25.4 Å². The van der Waals surface area contributed by atoms with Crippen LogP contribution in [0.3, 0.4) is 0 Å². The number of halogens is 1. The molecule has 3 rings (SSSR count). The van der Waals surface area contributed by atoms with Gasteiger partial charge in [-0.15, -0.1) is 0 Å². The summed E-state index contributed by atoms with van der Waals surface area (Å²) in [5.74, 6) is 0.411. The number of hydrogen-bond donors (Lipinski definition) is 1.